The van der Waals surface area contributed by atoms with Crippen molar-refractivity contribution in [3.05, 3.63) is 29.3 Å². The SMILES string of the molecule is Cc1ccc(C#N)cc1S(=O)(=O)N(CCO)C(C)C. The molecule has 0 amide bonds. The predicted octanol–water partition coefficient (Wildman–Crippen LogP) is 1.26. The fourth-order valence-corrected chi connectivity index (χ4v) is 3.71. The van der Waals surface area contributed by atoms with E-state index < -0.39 is 10.0 Å². The smallest absolute Gasteiger partial charge is 0.243 e. The Morgan fingerprint density at radius 2 is 2.05 bits per heavy atom. The first-order valence-electron chi connectivity index (χ1n) is 5.98. The van der Waals surface area contributed by atoms with E-state index >= 15 is 0 Å². The second kappa shape index (κ2) is 6.15. The van der Waals surface area contributed by atoms with Crippen LogP contribution in [0.15, 0.2) is 23.1 Å². The highest BCUT2D eigenvalue weighted by atomic mass is 32.2. The van der Waals surface area contributed by atoms with Crippen LogP contribution in [0.1, 0.15) is 25.0 Å². The maximum Gasteiger partial charge on any atom is 0.243 e. The predicted molar refractivity (Wildman–Crippen MR) is 72.0 cm³/mol. The van der Waals surface area contributed by atoms with Gasteiger partial charge in [-0.2, -0.15) is 9.57 Å². The average molecular weight is 282 g/mol. The fourth-order valence-electron chi connectivity index (χ4n) is 1.83. The van der Waals surface area contributed by atoms with E-state index in [2.05, 4.69) is 0 Å². The lowest BCUT2D eigenvalue weighted by atomic mass is 10.2. The molecule has 0 unspecified atom stereocenters. The lowest BCUT2D eigenvalue weighted by molar-refractivity contribution is 0.236. The van der Waals surface area contributed by atoms with Gasteiger partial charge in [0, 0.05) is 12.6 Å². The summed E-state index contributed by atoms with van der Waals surface area (Å²) in [6.07, 6.45) is 0. The second-order valence-electron chi connectivity index (χ2n) is 4.53. The lowest BCUT2D eigenvalue weighted by Crippen LogP contribution is -2.39. The van der Waals surface area contributed by atoms with Gasteiger partial charge in [-0.1, -0.05) is 6.07 Å². The Morgan fingerprint density at radius 1 is 1.42 bits per heavy atom. The molecule has 0 heterocycles. The molecule has 0 aliphatic heterocycles. The molecule has 0 spiro atoms. The van der Waals surface area contributed by atoms with Crippen LogP contribution < -0.4 is 0 Å². The molecule has 6 heteroatoms. The molecule has 0 saturated heterocycles. The van der Waals surface area contributed by atoms with Crippen LogP contribution in [0.2, 0.25) is 0 Å². The molecule has 5 nitrogen and oxygen atoms in total. The highest BCUT2D eigenvalue weighted by molar-refractivity contribution is 7.89. The van der Waals surface area contributed by atoms with Crippen molar-refractivity contribution in [3.63, 3.8) is 0 Å². The van der Waals surface area contributed by atoms with Gasteiger partial charge in [0.2, 0.25) is 10.0 Å². The number of aliphatic hydroxyl groups is 1. The first-order valence-corrected chi connectivity index (χ1v) is 7.42. The van der Waals surface area contributed by atoms with Crippen LogP contribution in [0.5, 0.6) is 0 Å². The summed E-state index contributed by atoms with van der Waals surface area (Å²) >= 11 is 0. The lowest BCUT2D eigenvalue weighted by Gasteiger charge is -2.25. The summed E-state index contributed by atoms with van der Waals surface area (Å²) in [4.78, 5) is 0.119. The van der Waals surface area contributed by atoms with Crippen molar-refractivity contribution in [1.29, 1.82) is 5.26 Å². The quantitative estimate of drug-likeness (QED) is 0.881. The van der Waals surface area contributed by atoms with Gasteiger partial charge in [0.05, 0.1) is 23.1 Å². The summed E-state index contributed by atoms with van der Waals surface area (Å²) < 4.78 is 26.3. The Kier molecular flexibility index (Phi) is 5.06. The van der Waals surface area contributed by atoms with Crippen molar-refractivity contribution >= 4 is 10.0 Å². The van der Waals surface area contributed by atoms with Gasteiger partial charge in [-0.3, -0.25) is 0 Å². The average Bonchev–Trinajstić information content (AvgIpc) is 2.35. The van der Waals surface area contributed by atoms with Gasteiger partial charge in [-0.25, -0.2) is 8.42 Å². The zero-order chi connectivity index (χ0) is 14.6. The summed E-state index contributed by atoms with van der Waals surface area (Å²) in [6.45, 7) is 4.98. The molecule has 1 aromatic rings. The zero-order valence-electron chi connectivity index (χ0n) is 11.3. The molecule has 0 radical (unpaired) electrons. The number of hydrogen-bond donors (Lipinski definition) is 1. The van der Waals surface area contributed by atoms with Gasteiger partial charge < -0.3 is 5.11 Å². The zero-order valence-corrected chi connectivity index (χ0v) is 12.1. The van der Waals surface area contributed by atoms with E-state index in [4.69, 9.17) is 10.4 Å². The molecular weight excluding hydrogens is 264 g/mol. The van der Waals surface area contributed by atoms with E-state index in [1.165, 1.54) is 10.4 Å². The Bertz CT molecular complexity index is 588. The number of rotatable bonds is 5. The molecule has 0 aliphatic rings. The molecule has 1 aromatic carbocycles. The summed E-state index contributed by atoms with van der Waals surface area (Å²) in [5.41, 5.74) is 0.888. The van der Waals surface area contributed by atoms with E-state index in [0.717, 1.165) is 0 Å². The maximum absolute atomic E-state index is 12.6. The van der Waals surface area contributed by atoms with E-state index in [9.17, 15) is 8.42 Å². The normalized spacial score (nSPS) is 11.8. The van der Waals surface area contributed by atoms with Gasteiger partial charge >= 0.3 is 0 Å². The van der Waals surface area contributed by atoms with Crippen LogP contribution >= 0.6 is 0 Å². The van der Waals surface area contributed by atoms with Crippen LogP contribution in [0.4, 0.5) is 0 Å². The molecule has 19 heavy (non-hydrogen) atoms. The Labute approximate surface area is 114 Å². The van der Waals surface area contributed by atoms with Gasteiger partial charge in [0.25, 0.3) is 0 Å². The van der Waals surface area contributed by atoms with E-state index in [-0.39, 0.29) is 24.1 Å². The summed E-state index contributed by atoms with van der Waals surface area (Å²) in [5, 5.41) is 17.9. The molecular formula is C13H18N2O3S. The fraction of sp³-hybridized carbons (Fsp3) is 0.462. The third-order valence-corrected chi connectivity index (χ3v) is 5.02. The number of nitrogens with zero attached hydrogens (tertiary/aromatic N) is 2. The number of sulfonamides is 1. The van der Waals surface area contributed by atoms with Gasteiger partial charge in [0.15, 0.2) is 0 Å². The highest BCUT2D eigenvalue weighted by Crippen LogP contribution is 2.22. The minimum atomic E-state index is -3.70. The third-order valence-electron chi connectivity index (χ3n) is 2.80. The minimum absolute atomic E-state index is 0.0379. The van der Waals surface area contributed by atoms with Crippen molar-refractivity contribution in [2.24, 2.45) is 0 Å². The van der Waals surface area contributed by atoms with Gasteiger partial charge in [-0.05, 0) is 38.5 Å². The molecule has 0 aliphatic carbocycles. The standard InChI is InChI=1S/C13H18N2O3S/c1-10(2)15(6-7-16)19(17,18)13-8-12(9-14)5-4-11(13)3/h4-5,8,10,16H,6-7H2,1-3H3. The Balaban J connectivity index is 3.37. The molecule has 1 N–H and O–H groups in total. The van der Waals surface area contributed by atoms with Crippen molar-refractivity contribution in [3.8, 4) is 6.07 Å². The summed E-state index contributed by atoms with van der Waals surface area (Å²) in [6, 6.07) is 6.24. The van der Waals surface area contributed by atoms with Crippen molar-refractivity contribution in [1.82, 2.24) is 4.31 Å². The van der Waals surface area contributed by atoms with Crippen LogP contribution in [0.3, 0.4) is 0 Å². The van der Waals surface area contributed by atoms with E-state index in [0.29, 0.717) is 11.1 Å². The van der Waals surface area contributed by atoms with Crippen LogP contribution in [0.25, 0.3) is 0 Å². The second-order valence-corrected chi connectivity index (χ2v) is 6.38. The van der Waals surface area contributed by atoms with Gasteiger partial charge in [0.1, 0.15) is 0 Å². The van der Waals surface area contributed by atoms with E-state index in [1.807, 2.05) is 6.07 Å². The monoisotopic (exact) mass is 282 g/mol. The maximum atomic E-state index is 12.6. The number of aryl methyl sites for hydroxylation is 1. The van der Waals surface area contributed by atoms with Crippen LogP contribution in [-0.4, -0.2) is 37.0 Å². The molecule has 104 valence electrons. The largest absolute Gasteiger partial charge is 0.395 e. The van der Waals surface area contributed by atoms with Crippen LogP contribution in [-0.2, 0) is 10.0 Å². The summed E-state index contributed by atoms with van der Waals surface area (Å²) in [7, 11) is -3.70. The topological polar surface area (TPSA) is 81.4 Å². The summed E-state index contributed by atoms with van der Waals surface area (Å²) in [5.74, 6) is 0. The van der Waals surface area contributed by atoms with Crippen molar-refractivity contribution in [2.75, 3.05) is 13.2 Å². The first-order chi connectivity index (χ1) is 8.84. The number of aliphatic hydroxyl groups excluding tert-OH is 1. The molecule has 1 rings (SSSR count). The van der Waals surface area contributed by atoms with Crippen LogP contribution in [0, 0.1) is 18.3 Å². The third kappa shape index (κ3) is 3.32. The van der Waals surface area contributed by atoms with Crippen molar-refractivity contribution in [2.45, 2.75) is 31.7 Å². The molecule has 0 fully saturated rings. The highest BCUT2D eigenvalue weighted by Gasteiger charge is 2.28. The molecule has 0 bridgehead atoms. The van der Waals surface area contributed by atoms with E-state index in [1.54, 1.807) is 32.9 Å². The Hall–Kier alpha value is -1.42. The first kappa shape index (κ1) is 15.6. The molecule has 0 atom stereocenters. The van der Waals surface area contributed by atoms with Gasteiger partial charge in [-0.15, -0.1) is 0 Å². The minimum Gasteiger partial charge on any atom is -0.395 e. The number of hydrogen-bond acceptors (Lipinski definition) is 4. The Morgan fingerprint density at radius 3 is 2.53 bits per heavy atom. The van der Waals surface area contributed by atoms with Crippen molar-refractivity contribution < 1.29 is 13.5 Å². The molecule has 0 saturated carbocycles. The number of nitriles is 1. The number of benzene rings is 1. The molecule has 0 aromatic heterocycles.